The molecule has 0 aliphatic carbocycles. The fourth-order valence-electron chi connectivity index (χ4n) is 4.10. The van der Waals surface area contributed by atoms with Gasteiger partial charge in [-0.05, 0) is 42.3 Å². The zero-order chi connectivity index (χ0) is 28.1. The van der Waals surface area contributed by atoms with Crippen molar-refractivity contribution in [1.82, 2.24) is 14.5 Å². The van der Waals surface area contributed by atoms with Gasteiger partial charge in [-0.2, -0.15) is 0 Å². The molecule has 5 rings (SSSR count). The van der Waals surface area contributed by atoms with Gasteiger partial charge in [0.25, 0.3) is 0 Å². The standard InChI is InChI=1S/C23H16N4O5S.C4H9NO/c28-21(17-2-1-3-20-16(17)8-9-27(20)23(29)30)19-12-25-22-18(19)10-14(11-24-22)13-4-6-15(7-5-13)26-33(31)32;1-2-3-4(5)6/h1-12,26H,(H,24,25)(H,29,30)(H,31,32);2-3H2,1H3,(H2,5,6)/p-1. The third kappa shape index (κ3) is 6.03. The average molecular weight is 547 g/mol. The predicted octanol–water partition coefficient (Wildman–Crippen LogP) is 4.42. The first-order valence-corrected chi connectivity index (χ1v) is 12.9. The summed E-state index contributed by atoms with van der Waals surface area (Å²) in [5.74, 6) is -0.469. The van der Waals surface area contributed by atoms with E-state index in [2.05, 4.69) is 14.7 Å². The second-order valence-electron chi connectivity index (χ2n) is 8.49. The quantitative estimate of drug-likeness (QED) is 0.172. The van der Waals surface area contributed by atoms with Crippen molar-refractivity contribution in [3.05, 3.63) is 84.3 Å². The van der Waals surface area contributed by atoms with Gasteiger partial charge in [-0.15, -0.1) is 0 Å². The van der Waals surface area contributed by atoms with Gasteiger partial charge in [-0.1, -0.05) is 31.2 Å². The van der Waals surface area contributed by atoms with Crippen LogP contribution < -0.4 is 10.5 Å². The Morgan fingerprint density at radius 1 is 1.08 bits per heavy atom. The molecular formula is C27H24N5O6S-. The first-order chi connectivity index (χ1) is 18.7. The van der Waals surface area contributed by atoms with Gasteiger partial charge in [-0.25, -0.2) is 9.78 Å². The van der Waals surface area contributed by atoms with Gasteiger partial charge in [-0.3, -0.25) is 18.4 Å². The number of hydrogen-bond acceptors (Lipinski definition) is 6. The molecule has 0 radical (unpaired) electrons. The Morgan fingerprint density at radius 2 is 1.82 bits per heavy atom. The van der Waals surface area contributed by atoms with Crippen LogP contribution in [0.5, 0.6) is 0 Å². The molecule has 1 amide bonds. The summed E-state index contributed by atoms with van der Waals surface area (Å²) < 4.78 is 24.9. The van der Waals surface area contributed by atoms with Gasteiger partial charge in [0.1, 0.15) is 5.65 Å². The molecule has 0 aliphatic heterocycles. The fourth-order valence-corrected chi connectivity index (χ4v) is 4.43. The lowest BCUT2D eigenvalue weighted by Crippen LogP contribution is -2.08. The number of aromatic nitrogens is 3. The molecule has 11 nitrogen and oxygen atoms in total. The smallest absolute Gasteiger partial charge is 0.415 e. The van der Waals surface area contributed by atoms with Crippen molar-refractivity contribution in [3.8, 4) is 11.1 Å². The summed E-state index contributed by atoms with van der Waals surface area (Å²) in [6.07, 6.45) is 4.91. The molecule has 0 spiro atoms. The van der Waals surface area contributed by atoms with E-state index in [1.807, 2.05) is 13.0 Å². The van der Waals surface area contributed by atoms with E-state index in [9.17, 15) is 28.3 Å². The number of fused-ring (bicyclic) bond motifs is 2. The Bertz CT molecular complexity index is 1710. The van der Waals surface area contributed by atoms with E-state index in [1.165, 1.54) is 6.20 Å². The molecule has 12 heteroatoms. The van der Waals surface area contributed by atoms with Gasteiger partial charge in [0.2, 0.25) is 5.91 Å². The molecule has 5 aromatic rings. The molecule has 3 aromatic heterocycles. The van der Waals surface area contributed by atoms with E-state index < -0.39 is 17.4 Å². The Balaban J connectivity index is 0.000000531. The van der Waals surface area contributed by atoms with Gasteiger partial charge < -0.3 is 25.1 Å². The average Bonchev–Trinajstić information content (AvgIpc) is 3.53. The zero-order valence-corrected chi connectivity index (χ0v) is 21.5. The zero-order valence-electron chi connectivity index (χ0n) is 20.7. The van der Waals surface area contributed by atoms with Crippen LogP contribution in [-0.2, 0) is 16.1 Å². The van der Waals surface area contributed by atoms with Crippen LogP contribution in [0.2, 0.25) is 0 Å². The van der Waals surface area contributed by atoms with Gasteiger partial charge in [0.15, 0.2) is 5.78 Å². The first kappa shape index (κ1) is 27.2. The van der Waals surface area contributed by atoms with Crippen LogP contribution in [0, 0.1) is 0 Å². The van der Waals surface area contributed by atoms with E-state index in [1.54, 1.807) is 60.9 Å². The predicted molar refractivity (Wildman–Crippen MR) is 147 cm³/mol. The van der Waals surface area contributed by atoms with Crippen LogP contribution in [-0.4, -0.2) is 46.2 Å². The van der Waals surface area contributed by atoms with Gasteiger partial charge in [0.05, 0.1) is 5.52 Å². The van der Waals surface area contributed by atoms with Crippen LogP contribution in [0.3, 0.4) is 0 Å². The summed E-state index contributed by atoms with van der Waals surface area (Å²) in [4.78, 5) is 42.1. The van der Waals surface area contributed by atoms with Crippen molar-refractivity contribution in [2.75, 3.05) is 4.72 Å². The number of ketones is 1. The summed E-state index contributed by atoms with van der Waals surface area (Å²) in [5, 5.41) is 10.5. The normalized spacial score (nSPS) is 11.5. The lowest BCUT2D eigenvalue weighted by Gasteiger charge is -2.09. The Hall–Kier alpha value is -4.81. The third-order valence-corrected chi connectivity index (χ3v) is 6.28. The molecule has 0 aliphatic rings. The van der Waals surface area contributed by atoms with E-state index in [4.69, 9.17) is 5.73 Å². The highest BCUT2D eigenvalue weighted by atomic mass is 32.2. The maximum atomic E-state index is 13.4. The second-order valence-corrected chi connectivity index (χ2v) is 9.16. The minimum atomic E-state index is -2.41. The van der Waals surface area contributed by atoms with E-state index in [0.29, 0.717) is 45.2 Å². The number of amides is 1. The van der Waals surface area contributed by atoms with Crippen LogP contribution in [0.1, 0.15) is 35.7 Å². The van der Waals surface area contributed by atoms with Crippen LogP contribution >= 0.6 is 0 Å². The van der Waals surface area contributed by atoms with Crippen molar-refractivity contribution in [1.29, 1.82) is 0 Å². The summed E-state index contributed by atoms with van der Waals surface area (Å²) in [6.45, 7) is 1.92. The number of aromatic amines is 1. The molecule has 5 N–H and O–H groups in total. The number of hydrogen-bond donors (Lipinski definition) is 4. The minimum Gasteiger partial charge on any atom is -0.755 e. The number of nitrogens with one attached hydrogen (secondary N) is 2. The Labute approximate surface area is 225 Å². The monoisotopic (exact) mass is 546 g/mol. The maximum absolute atomic E-state index is 13.4. The lowest BCUT2D eigenvalue weighted by molar-refractivity contribution is -0.118. The number of carbonyl (C=O) groups is 3. The second kappa shape index (κ2) is 11.7. The molecule has 1 unspecified atom stereocenters. The van der Waals surface area contributed by atoms with Gasteiger partial charge >= 0.3 is 6.09 Å². The van der Waals surface area contributed by atoms with Crippen molar-refractivity contribution in [2.24, 2.45) is 5.73 Å². The molecule has 39 heavy (non-hydrogen) atoms. The Kier molecular flexibility index (Phi) is 8.18. The topological polar surface area (TPSA) is 183 Å². The molecule has 0 saturated carbocycles. The largest absolute Gasteiger partial charge is 0.755 e. The van der Waals surface area contributed by atoms with Crippen molar-refractivity contribution in [3.63, 3.8) is 0 Å². The van der Waals surface area contributed by atoms with Crippen LogP contribution in [0.4, 0.5) is 10.5 Å². The number of carboxylic acid groups (broad SMARTS) is 1. The molecule has 200 valence electrons. The SMILES string of the molecule is CCCC(N)=O.O=C(c1c[nH]c2ncc(-c3ccc(NS(=O)[O-])cc3)cc12)c1cccc2c1ccn2C(=O)O. The van der Waals surface area contributed by atoms with E-state index >= 15 is 0 Å². The number of nitrogens with two attached hydrogens (primary N) is 1. The summed E-state index contributed by atoms with van der Waals surface area (Å²) in [7, 11) is 0. The maximum Gasteiger partial charge on any atom is 0.415 e. The molecule has 2 aromatic carbocycles. The van der Waals surface area contributed by atoms with Crippen LogP contribution in [0.25, 0.3) is 33.1 Å². The third-order valence-electron chi connectivity index (χ3n) is 5.88. The van der Waals surface area contributed by atoms with Crippen LogP contribution in [0.15, 0.2) is 73.2 Å². The van der Waals surface area contributed by atoms with Crippen molar-refractivity contribution < 1.29 is 28.3 Å². The molecule has 3 heterocycles. The highest BCUT2D eigenvalue weighted by Gasteiger charge is 2.19. The number of benzene rings is 2. The summed E-state index contributed by atoms with van der Waals surface area (Å²) >= 11 is -2.41. The number of rotatable bonds is 7. The van der Waals surface area contributed by atoms with E-state index in [0.717, 1.165) is 22.1 Å². The highest BCUT2D eigenvalue weighted by molar-refractivity contribution is 7.80. The first-order valence-electron chi connectivity index (χ1n) is 11.8. The number of pyridine rings is 1. The Morgan fingerprint density at radius 3 is 2.44 bits per heavy atom. The summed E-state index contributed by atoms with van der Waals surface area (Å²) in [5.41, 5.74) is 8.51. The number of nitrogens with zero attached hydrogens (tertiary/aromatic N) is 2. The lowest BCUT2D eigenvalue weighted by atomic mass is 9.99. The number of anilines is 1. The number of H-pyrrole nitrogens is 1. The van der Waals surface area contributed by atoms with Crippen molar-refractivity contribution >= 4 is 56.7 Å². The molecule has 0 fully saturated rings. The van der Waals surface area contributed by atoms with Crippen molar-refractivity contribution in [2.45, 2.75) is 19.8 Å². The minimum absolute atomic E-state index is 0.211. The number of primary amides is 1. The molecular weight excluding hydrogens is 522 g/mol. The molecule has 1 atom stereocenters. The van der Waals surface area contributed by atoms with Gasteiger partial charge in [0, 0.05) is 69.4 Å². The molecule has 0 bridgehead atoms. The fraction of sp³-hybridized carbons (Fsp3) is 0.111. The summed E-state index contributed by atoms with van der Waals surface area (Å²) in [6, 6.07) is 15.2. The highest BCUT2D eigenvalue weighted by Crippen LogP contribution is 2.29. The molecule has 0 saturated heterocycles. The number of carbonyl (C=O) groups excluding carboxylic acids is 2. The van der Waals surface area contributed by atoms with E-state index in [-0.39, 0.29) is 11.7 Å².